The van der Waals surface area contributed by atoms with Crippen molar-refractivity contribution in [3.63, 3.8) is 0 Å². The number of aromatic nitrogens is 2. The summed E-state index contributed by atoms with van der Waals surface area (Å²) in [5, 5.41) is 0. The highest BCUT2D eigenvalue weighted by Gasteiger charge is 2.34. The van der Waals surface area contributed by atoms with Gasteiger partial charge in [0.25, 0.3) is 5.91 Å². The standard InChI is InChI=1S/C24H27FN4O/c1-17-3-2-11-29(17)21-10-12-27(15-21)24(30)19-6-4-18(5-7-19)14-28-16-26-22-13-20(25)8-9-23(22)28/h4-9,13,16-17,21H,2-3,10-12,14-15H2,1H3/t17-,21?/m1/s1. The predicted molar refractivity (Wildman–Crippen MR) is 115 cm³/mol. The van der Waals surface area contributed by atoms with Gasteiger partial charge in [0.05, 0.1) is 17.4 Å². The average molecular weight is 407 g/mol. The van der Waals surface area contributed by atoms with E-state index in [1.165, 1.54) is 25.0 Å². The Kier molecular flexibility index (Phi) is 5.03. The summed E-state index contributed by atoms with van der Waals surface area (Å²) in [4.78, 5) is 21.8. The van der Waals surface area contributed by atoms with Gasteiger partial charge in [-0.2, -0.15) is 0 Å². The van der Waals surface area contributed by atoms with Crippen LogP contribution in [0.15, 0.2) is 48.8 Å². The highest BCUT2D eigenvalue weighted by Crippen LogP contribution is 2.26. The van der Waals surface area contributed by atoms with Gasteiger partial charge in [0.15, 0.2) is 0 Å². The fourth-order valence-corrected chi connectivity index (χ4v) is 4.99. The number of hydrogen-bond donors (Lipinski definition) is 0. The molecule has 0 saturated carbocycles. The van der Waals surface area contributed by atoms with Crippen LogP contribution in [0.3, 0.4) is 0 Å². The molecule has 2 aliphatic rings. The zero-order valence-electron chi connectivity index (χ0n) is 17.3. The van der Waals surface area contributed by atoms with E-state index >= 15 is 0 Å². The van der Waals surface area contributed by atoms with Gasteiger partial charge in [0, 0.05) is 43.3 Å². The van der Waals surface area contributed by atoms with Gasteiger partial charge in [-0.1, -0.05) is 12.1 Å². The van der Waals surface area contributed by atoms with Gasteiger partial charge in [-0.3, -0.25) is 9.69 Å². The van der Waals surface area contributed by atoms with Gasteiger partial charge < -0.3 is 9.47 Å². The molecule has 2 atom stereocenters. The molecule has 6 heteroatoms. The number of hydrogen-bond acceptors (Lipinski definition) is 3. The number of amides is 1. The number of halogens is 1. The fourth-order valence-electron chi connectivity index (χ4n) is 4.99. The molecule has 5 rings (SSSR count). The van der Waals surface area contributed by atoms with Crippen LogP contribution in [-0.4, -0.2) is 57.0 Å². The molecular formula is C24H27FN4O. The molecule has 2 aliphatic heterocycles. The van der Waals surface area contributed by atoms with Crippen molar-refractivity contribution in [1.29, 1.82) is 0 Å². The lowest BCUT2D eigenvalue weighted by atomic mass is 10.1. The largest absolute Gasteiger partial charge is 0.337 e. The van der Waals surface area contributed by atoms with E-state index < -0.39 is 0 Å². The maximum atomic E-state index is 13.4. The second-order valence-corrected chi connectivity index (χ2v) is 8.63. The Hall–Kier alpha value is -2.73. The van der Waals surface area contributed by atoms with Crippen molar-refractivity contribution in [2.45, 2.75) is 44.8 Å². The average Bonchev–Trinajstić information content (AvgIpc) is 3.48. The van der Waals surface area contributed by atoms with Gasteiger partial charge in [-0.25, -0.2) is 9.37 Å². The molecule has 1 unspecified atom stereocenters. The molecule has 156 valence electrons. The number of fused-ring (bicyclic) bond motifs is 1. The molecule has 0 bridgehead atoms. The maximum absolute atomic E-state index is 13.4. The van der Waals surface area contributed by atoms with Gasteiger partial charge in [-0.15, -0.1) is 0 Å². The Labute approximate surface area is 176 Å². The molecule has 0 spiro atoms. The Morgan fingerprint density at radius 3 is 2.73 bits per heavy atom. The van der Waals surface area contributed by atoms with Crippen molar-refractivity contribution in [3.8, 4) is 0 Å². The van der Waals surface area contributed by atoms with Gasteiger partial charge in [0.2, 0.25) is 0 Å². The molecule has 0 N–H and O–H groups in total. The van der Waals surface area contributed by atoms with Crippen molar-refractivity contribution >= 4 is 16.9 Å². The number of imidazole rings is 1. The molecule has 3 aromatic rings. The summed E-state index contributed by atoms with van der Waals surface area (Å²) >= 11 is 0. The van der Waals surface area contributed by atoms with E-state index in [2.05, 4.69) is 16.8 Å². The Balaban J connectivity index is 1.25. The molecular weight excluding hydrogens is 379 g/mol. The normalized spacial score (nSPS) is 22.3. The van der Waals surface area contributed by atoms with Crippen molar-refractivity contribution in [1.82, 2.24) is 19.4 Å². The molecule has 2 fully saturated rings. The third-order valence-corrected chi connectivity index (χ3v) is 6.66. The van der Waals surface area contributed by atoms with E-state index in [1.807, 2.05) is 33.7 Å². The summed E-state index contributed by atoms with van der Waals surface area (Å²) in [6.45, 7) is 5.78. The molecule has 30 heavy (non-hydrogen) atoms. The van der Waals surface area contributed by atoms with Crippen LogP contribution in [0.2, 0.25) is 0 Å². The first kappa shape index (κ1) is 19.2. The molecule has 1 amide bonds. The second-order valence-electron chi connectivity index (χ2n) is 8.63. The first-order valence-electron chi connectivity index (χ1n) is 10.8. The van der Waals surface area contributed by atoms with Crippen LogP contribution in [-0.2, 0) is 6.54 Å². The van der Waals surface area contributed by atoms with Crippen molar-refractivity contribution in [3.05, 3.63) is 65.7 Å². The minimum Gasteiger partial charge on any atom is -0.337 e. The van der Waals surface area contributed by atoms with E-state index in [-0.39, 0.29) is 11.7 Å². The number of carbonyl (C=O) groups excluding carboxylic acids is 1. The lowest BCUT2D eigenvalue weighted by molar-refractivity contribution is 0.0774. The predicted octanol–water partition coefficient (Wildman–Crippen LogP) is 3.92. The molecule has 2 saturated heterocycles. The van der Waals surface area contributed by atoms with E-state index in [1.54, 1.807) is 12.4 Å². The van der Waals surface area contributed by atoms with Crippen molar-refractivity contribution < 1.29 is 9.18 Å². The second kappa shape index (κ2) is 7.84. The lowest BCUT2D eigenvalue weighted by Gasteiger charge is -2.28. The van der Waals surface area contributed by atoms with Crippen LogP contribution < -0.4 is 0 Å². The summed E-state index contributed by atoms with van der Waals surface area (Å²) < 4.78 is 15.4. The van der Waals surface area contributed by atoms with E-state index in [9.17, 15) is 9.18 Å². The lowest BCUT2D eigenvalue weighted by Crippen LogP contribution is -2.40. The number of carbonyl (C=O) groups is 1. The third-order valence-electron chi connectivity index (χ3n) is 6.66. The Morgan fingerprint density at radius 1 is 1.13 bits per heavy atom. The Morgan fingerprint density at radius 2 is 1.97 bits per heavy atom. The number of likely N-dealkylation sites (tertiary alicyclic amines) is 2. The maximum Gasteiger partial charge on any atom is 0.253 e. The molecule has 0 radical (unpaired) electrons. The quantitative estimate of drug-likeness (QED) is 0.659. The summed E-state index contributed by atoms with van der Waals surface area (Å²) in [6, 6.07) is 13.6. The highest BCUT2D eigenvalue weighted by atomic mass is 19.1. The number of rotatable bonds is 4. The number of nitrogens with zero attached hydrogens (tertiary/aromatic N) is 4. The summed E-state index contributed by atoms with van der Waals surface area (Å²) in [6.07, 6.45) is 5.34. The van der Waals surface area contributed by atoms with Crippen molar-refractivity contribution in [2.75, 3.05) is 19.6 Å². The molecule has 1 aromatic heterocycles. The van der Waals surface area contributed by atoms with Gasteiger partial charge >= 0.3 is 0 Å². The fraction of sp³-hybridized carbons (Fsp3) is 0.417. The first-order valence-corrected chi connectivity index (χ1v) is 10.8. The van der Waals surface area contributed by atoms with Crippen LogP contribution in [0.5, 0.6) is 0 Å². The van der Waals surface area contributed by atoms with E-state index in [0.717, 1.165) is 42.7 Å². The monoisotopic (exact) mass is 406 g/mol. The summed E-state index contributed by atoms with van der Waals surface area (Å²) in [5.41, 5.74) is 3.38. The topological polar surface area (TPSA) is 41.4 Å². The SMILES string of the molecule is C[C@@H]1CCCN1C1CCN(C(=O)c2ccc(Cn3cnc4cc(F)ccc43)cc2)C1. The highest BCUT2D eigenvalue weighted by molar-refractivity contribution is 5.94. The van der Waals surface area contributed by atoms with E-state index in [4.69, 9.17) is 0 Å². The van der Waals surface area contributed by atoms with Gasteiger partial charge in [-0.05, 0) is 62.6 Å². The summed E-state index contributed by atoms with van der Waals surface area (Å²) in [7, 11) is 0. The third kappa shape index (κ3) is 3.60. The zero-order valence-corrected chi connectivity index (χ0v) is 17.3. The first-order chi connectivity index (χ1) is 14.6. The van der Waals surface area contributed by atoms with Crippen LogP contribution >= 0.6 is 0 Å². The number of benzene rings is 2. The van der Waals surface area contributed by atoms with Crippen LogP contribution in [0.4, 0.5) is 4.39 Å². The van der Waals surface area contributed by atoms with E-state index in [0.29, 0.717) is 24.1 Å². The summed E-state index contributed by atoms with van der Waals surface area (Å²) in [5.74, 6) is -0.154. The Bertz CT molecular complexity index is 1060. The zero-order chi connectivity index (χ0) is 20.7. The molecule has 5 nitrogen and oxygen atoms in total. The van der Waals surface area contributed by atoms with Crippen LogP contribution in [0.1, 0.15) is 42.1 Å². The van der Waals surface area contributed by atoms with Crippen LogP contribution in [0, 0.1) is 5.82 Å². The van der Waals surface area contributed by atoms with Crippen LogP contribution in [0.25, 0.3) is 11.0 Å². The minimum atomic E-state index is -0.279. The molecule has 3 heterocycles. The molecule has 0 aliphatic carbocycles. The minimum absolute atomic E-state index is 0.124. The van der Waals surface area contributed by atoms with Crippen molar-refractivity contribution in [2.24, 2.45) is 0 Å². The van der Waals surface area contributed by atoms with Gasteiger partial charge in [0.1, 0.15) is 5.82 Å². The smallest absolute Gasteiger partial charge is 0.253 e. The molecule has 2 aromatic carbocycles.